The van der Waals surface area contributed by atoms with E-state index in [9.17, 15) is 0 Å². The van der Waals surface area contributed by atoms with Gasteiger partial charge < -0.3 is 5.32 Å². The van der Waals surface area contributed by atoms with Gasteiger partial charge >= 0.3 is 0 Å². The van der Waals surface area contributed by atoms with Crippen molar-refractivity contribution in [2.75, 3.05) is 20.6 Å². The van der Waals surface area contributed by atoms with E-state index in [1.807, 2.05) is 6.08 Å². The molecule has 0 saturated heterocycles. The highest BCUT2D eigenvalue weighted by Crippen LogP contribution is 2.32. The van der Waals surface area contributed by atoms with Gasteiger partial charge in [-0.25, -0.2) is 0 Å². The Labute approximate surface area is 123 Å². The topological polar surface area (TPSA) is 15.3 Å². The van der Waals surface area contributed by atoms with Crippen molar-refractivity contribution in [2.24, 2.45) is 0 Å². The molecule has 110 valence electrons. The summed E-state index contributed by atoms with van der Waals surface area (Å²) in [5, 5.41) is 3.40. The van der Waals surface area contributed by atoms with E-state index in [4.69, 9.17) is 0 Å². The summed E-state index contributed by atoms with van der Waals surface area (Å²) in [6, 6.07) is 9.99. The van der Waals surface area contributed by atoms with Gasteiger partial charge in [0.1, 0.15) is 0 Å². The molecule has 20 heavy (non-hydrogen) atoms. The van der Waals surface area contributed by atoms with Crippen molar-refractivity contribution in [2.45, 2.75) is 44.2 Å². The fraction of sp³-hybridized carbons (Fsp3) is 0.556. The van der Waals surface area contributed by atoms with E-state index in [1.165, 1.54) is 36.8 Å². The van der Waals surface area contributed by atoms with Crippen LogP contribution in [0, 0.1) is 0 Å². The maximum Gasteiger partial charge on any atom is 0.0233 e. The smallest absolute Gasteiger partial charge is 0.0233 e. The summed E-state index contributed by atoms with van der Waals surface area (Å²) >= 11 is 0. The standard InChI is InChI=1S/C18H28N2/c1-4-13-20(3)14-15-5-7-16(8-6-15)17-9-11-18(19-2)12-10-17/h4-8,17-19H,1,9-14H2,2-3H3/t17-,18-. The molecule has 0 unspecified atom stereocenters. The quantitative estimate of drug-likeness (QED) is 0.797. The molecule has 0 aromatic heterocycles. The van der Waals surface area contributed by atoms with Crippen LogP contribution in [0.2, 0.25) is 0 Å². The van der Waals surface area contributed by atoms with Crippen molar-refractivity contribution in [1.82, 2.24) is 10.2 Å². The van der Waals surface area contributed by atoms with E-state index in [1.54, 1.807) is 0 Å². The minimum absolute atomic E-state index is 0.734. The normalized spacial score (nSPS) is 22.9. The molecule has 1 fully saturated rings. The van der Waals surface area contributed by atoms with E-state index in [0.29, 0.717) is 0 Å². The van der Waals surface area contributed by atoms with Crippen molar-refractivity contribution < 1.29 is 0 Å². The van der Waals surface area contributed by atoms with Gasteiger partial charge in [0.15, 0.2) is 0 Å². The van der Waals surface area contributed by atoms with Crippen LogP contribution in [0.3, 0.4) is 0 Å². The Morgan fingerprint density at radius 3 is 2.40 bits per heavy atom. The molecule has 0 radical (unpaired) electrons. The molecule has 0 bridgehead atoms. The first-order chi connectivity index (χ1) is 9.72. The van der Waals surface area contributed by atoms with E-state index in [0.717, 1.165) is 25.0 Å². The molecule has 0 amide bonds. The Kier molecular flexibility index (Phi) is 5.81. The van der Waals surface area contributed by atoms with Crippen molar-refractivity contribution in [1.29, 1.82) is 0 Å². The highest BCUT2D eigenvalue weighted by Gasteiger charge is 2.20. The molecular weight excluding hydrogens is 244 g/mol. The molecule has 0 aliphatic heterocycles. The Morgan fingerprint density at radius 1 is 1.20 bits per heavy atom. The lowest BCUT2D eigenvalue weighted by Crippen LogP contribution is -2.29. The summed E-state index contributed by atoms with van der Waals surface area (Å²) in [5.41, 5.74) is 2.91. The zero-order valence-electron chi connectivity index (χ0n) is 12.9. The Hall–Kier alpha value is -1.12. The number of hydrogen-bond acceptors (Lipinski definition) is 2. The average molecular weight is 272 g/mol. The molecule has 2 nitrogen and oxygen atoms in total. The van der Waals surface area contributed by atoms with Crippen LogP contribution in [0.4, 0.5) is 0 Å². The average Bonchev–Trinajstić information content (AvgIpc) is 2.48. The maximum atomic E-state index is 3.78. The fourth-order valence-electron chi connectivity index (χ4n) is 3.21. The number of nitrogens with zero attached hydrogens (tertiary/aromatic N) is 1. The van der Waals surface area contributed by atoms with Crippen LogP contribution in [0.5, 0.6) is 0 Å². The second kappa shape index (κ2) is 7.61. The summed E-state index contributed by atoms with van der Waals surface area (Å²) in [6.07, 6.45) is 7.22. The zero-order chi connectivity index (χ0) is 14.4. The number of benzene rings is 1. The highest BCUT2D eigenvalue weighted by atomic mass is 15.1. The predicted molar refractivity (Wildman–Crippen MR) is 87.0 cm³/mol. The monoisotopic (exact) mass is 272 g/mol. The van der Waals surface area contributed by atoms with Gasteiger partial charge in [-0.15, -0.1) is 6.58 Å². The molecule has 2 rings (SSSR count). The Balaban J connectivity index is 1.90. The number of rotatable bonds is 6. The largest absolute Gasteiger partial charge is 0.317 e. The summed E-state index contributed by atoms with van der Waals surface area (Å²) in [7, 11) is 4.22. The van der Waals surface area contributed by atoms with Gasteiger partial charge in [-0.1, -0.05) is 30.3 Å². The predicted octanol–water partition coefficient (Wildman–Crippen LogP) is 3.55. The van der Waals surface area contributed by atoms with Gasteiger partial charge in [-0.3, -0.25) is 4.90 Å². The van der Waals surface area contributed by atoms with Crippen LogP contribution in [0.15, 0.2) is 36.9 Å². The molecule has 1 N–H and O–H groups in total. The van der Waals surface area contributed by atoms with Crippen molar-refractivity contribution >= 4 is 0 Å². The van der Waals surface area contributed by atoms with E-state index >= 15 is 0 Å². The van der Waals surface area contributed by atoms with Gasteiger partial charge in [0.2, 0.25) is 0 Å². The summed E-state index contributed by atoms with van der Waals surface area (Å²) < 4.78 is 0. The Bertz CT molecular complexity index is 402. The van der Waals surface area contributed by atoms with Gasteiger partial charge in [0.05, 0.1) is 0 Å². The zero-order valence-corrected chi connectivity index (χ0v) is 12.9. The molecule has 1 aliphatic rings. The van der Waals surface area contributed by atoms with Gasteiger partial charge in [-0.05, 0) is 56.8 Å². The molecule has 2 heteroatoms. The molecule has 0 heterocycles. The SMILES string of the molecule is C=CCN(C)Cc1ccc([C@H]2CC[C@H](NC)CC2)cc1. The minimum atomic E-state index is 0.734. The maximum absolute atomic E-state index is 3.78. The third-order valence-corrected chi connectivity index (χ3v) is 4.48. The van der Waals surface area contributed by atoms with Crippen LogP contribution < -0.4 is 5.32 Å². The van der Waals surface area contributed by atoms with E-state index in [-0.39, 0.29) is 0 Å². The van der Waals surface area contributed by atoms with Crippen LogP contribution in [-0.4, -0.2) is 31.6 Å². The lowest BCUT2D eigenvalue weighted by Gasteiger charge is -2.28. The van der Waals surface area contributed by atoms with Crippen molar-refractivity contribution in [3.05, 3.63) is 48.0 Å². The molecular formula is C18H28N2. The van der Waals surface area contributed by atoms with Crippen LogP contribution >= 0.6 is 0 Å². The van der Waals surface area contributed by atoms with Gasteiger partial charge in [0, 0.05) is 19.1 Å². The molecule has 0 spiro atoms. The minimum Gasteiger partial charge on any atom is -0.317 e. The third-order valence-electron chi connectivity index (χ3n) is 4.48. The summed E-state index contributed by atoms with van der Waals surface area (Å²) in [6.45, 7) is 5.72. The Morgan fingerprint density at radius 2 is 1.85 bits per heavy atom. The molecule has 0 atom stereocenters. The first kappa shape index (κ1) is 15.3. The van der Waals surface area contributed by atoms with E-state index in [2.05, 4.69) is 55.2 Å². The second-order valence-electron chi connectivity index (χ2n) is 6.06. The highest BCUT2D eigenvalue weighted by molar-refractivity contribution is 5.26. The van der Waals surface area contributed by atoms with Crippen molar-refractivity contribution in [3.8, 4) is 0 Å². The molecule has 1 saturated carbocycles. The number of nitrogens with one attached hydrogen (secondary N) is 1. The first-order valence-electron chi connectivity index (χ1n) is 7.78. The van der Waals surface area contributed by atoms with Crippen LogP contribution in [0.25, 0.3) is 0 Å². The lowest BCUT2D eigenvalue weighted by atomic mass is 9.81. The molecule has 1 aromatic rings. The third kappa shape index (κ3) is 4.19. The first-order valence-corrected chi connectivity index (χ1v) is 7.78. The van der Waals surface area contributed by atoms with E-state index < -0.39 is 0 Å². The summed E-state index contributed by atoms with van der Waals surface area (Å²) in [4.78, 5) is 2.28. The second-order valence-corrected chi connectivity index (χ2v) is 6.06. The van der Waals surface area contributed by atoms with Crippen molar-refractivity contribution in [3.63, 3.8) is 0 Å². The van der Waals surface area contributed by atoms with Gasteiger partial charge in [0.25, 0.3) is 0 Å². The molecule has 1 aromatic carbocycles. The number of likely N-dealkylation sites (N-methyl/N-ethyl adjacent to an activating group) is 1. The molecule has 1 aliphatic carbocycles. The summed E-state index contributed by atoms with van der Waals surface area (Å²) in [5.74, 6) is 0.763. The number of hydrogen-bond donors (Lipinski definition) is 1. The van der Waals surface area contributed by atoms with Crippen LogP contribution in [0.1, 0.15) is 42.7 Å². The fourth-order valence-corrected chi connectivity index (χ4v) is 3.21. The lowest BCUT2D eigenvalue weighted by molar-refractivity contribution is 0.357. The van der Waals surface area contributed by atoms with Gasteiger partial charge in [-0.2, -0.15) is 0 Å². The van der Waals surface area contributed by atoms with Crippen LogP contribution in [-0.2, 0) is 6.54 Å².